The summed E-state index contributed by atoms with van der Waals surface area (Å²) in [5.74, 6) is 0. The van der Waals surface area contributed by atoms with Crippen molar-refractivity contribution < 1.29 is 58.9 Å². The van der Waals surface area contributed by atoms with Gasteiger partial charge in [-0.3, -0.25) is 0 Å². The van der Waals surface area contributed by atoms with Crippen LogP contribution in [-0.2, 0) is 39.3 Å². The van der Waals surface area contributed by atoms with Gasteiger partial charge < -0.3 is 37.8 Å². The molecule has 0 aromatic heterocycles. The summed E-state index contributed by atoms with van der Waals surface area (Å²) in [5, 5.41) is 0. The van der Waals surface area contributed by atoms with Crippen LogP contribution in [0, 0.1) is 0 Å². The van der Waals surface area contributed by atoms with Gasteiger partial charge in [-0.05, 0) is 50.3 Å². The van der Waals surface area contributed by atoms with Crippen molar-refractivity contribution in [1.29, 1.82) is 0 Å². The maximum absolute atomic E-state index is 10.2. The van der Waals surface area contributed by atoms with Crippen LogP contribution in [0.4, 0.5) is 0 Å². The molecule has 0 aliphatic rings. The van der Waals surface area contributed by atoms with Gasteiger partial charge >= 0.3 is 21.1 Å². The fourth-order valence-corrected chi connectivity index (χ4v) is 6.35. The Morgan fingerprint density at radius 3 is 0.556 bits per heavy atom. The fraction of sp³-hybridized carbons (Fsp3) is 1.00. The molecule has 0 bridgehead atoms. The zero-order valence-corrected chi connectivity index (χ0v) is 35.5. The van der Waals surface area contributed by atoms with E-state index in [1.165, 1.54) is 103 Å². The molecule has 0 saturated carbocycles. The van der Waals surface area contributed by atoms with E-state index in [2.05, 4.69) is 27.7 Å². The zero-order valence-electron chi connectivity index (χ0n) is 29.5. The molecule has 0 spiro atoms. The smallest absolute Gasteiger partial charge is 0.802 e. The van der Waals surface area contributed by atoms with Crippen molar-refractivity contribution in [3.63, 3.8) is 0 Å². The minimum Gasteiger partial charge on any atom is -0.802 e. The average molecular weight is 805 g/mol. The van der Waals surface area contributed by atoms with Crippen molar-refractivity contribution in [2.45, 2.75) is 182 Å². The third-order valence-corrected chi connectivity index (χ3v) is 9.99. The molecular weight excluding hydrogens is 732 g/mol. The van der Waals surface area contributed by atoms with Crippen molar-refractivity contribution in [1.82, 2.24) is 0 Å². The van der Waals surface area contributed by atoms with Crippen LogP contribution in [0.15, 0.2) is 0 Å². The van der Waals surface area contributed by atoms with Gasteiger partial charge in [0.05, 0.1) is 0 Å². The second kappa shape index (κ2) is 52.3. The SMILES string of the molecule is CCCCCCCC[PH](=O)[O-].CCCCCCCC[PH](=O)[O-].CCCCCCCC[PH](=O)[O-].CCCCCCCC[PH](=O)[O-].[Mo+4]. The summed E-state index contributed by atoms with van der Waals surface area (Å²) in [6, 6.07) is 0. The van der Waals surface area contributed by atoms with Crippen LogP contribution >= 0.6 is 32.1 Å². The van der Waals surface area contributed by atoms with Crippen LogP contribution in [0.2, 0.25) is 0 Å². The second-order valence-corrected chi connectivity index (χ2v) is 16.5. The Bertz CT molecular complexity index is 528. The Balaban J connectivity index is -0.000000157. The molecule has 0 amide bonds. The Hall–Kier alpha value is 1.45. The van der Waals surface area contributed by atoms with E-state index in [0.717, 1.165) is 51.4 Å². The maximum atomic E-state index is 10.2. The van der Waals surface area contributed by atoms with Gasteiger partial charge in [-0.2, -0.15) is 0 Å². The van der Waals surface area contributed by atoms with Gasteiger partial charge in [-0.25, -0.2) is 0 Å². The minimum absolute atomic E-state index is 0. The summed E-state index contributed by atoms with van der Waals surface area (Å²) in [6.45, 7) is 8.71. The second-order valence-electron chi connectivity index (χ2n) is 11.6. The molecule has 274 valence electrons. The number of rotatable bonds is 28. The van der Waals surface area contributed by atoms with Gasteiger partial charge in [0, 0.05) is 32.1 Å². The molecule has 4 atom stereocenters. The molecule has 0 aliphatic carbocycles. The van der Waals surface area contributed by atoms with Gasteiger partial charge in [-0.15, -0.1) is 0 Å². The molecule has 0 aliphatic heterocycles. The van der Waals surface area contributed by atoms with E-state index in [-0.39, 0.29) is 21.1 Å². The van der Waals surface area contributed by atoms with Crippen LogP contribution in [-0.4, -0.2) is 24.6 Å². The van der Waals surface area contributed by atoms with Crippen LogP contribution in [0.25, 0.3) is 0 Å². The van der Waals surface area contributed by atoms with E-state index in [4.69, 9.17) is 0 Å². The standard InChI is InChI=1S/4C8H19O2P.Mo/c4*1-2-3-4-5-6-7-8-11(9)10;/h4*11H,2-8H2,1H3,(H,9,10);/q;;;;+4/p-4. The van der Waals surface area contributed by atoms with E-state index in [1.54, 1.807) is 0 Å². The Morgan fingerprint density at radius 2 is 0.422 bits per heavy atom. The first-order valence-corrected chi connectivity index (χ1v) is 24.0. The molecule has 0 heterocycles. The van der Waals surface area contributed by atoms with Crippen LogP contribution in [0.5, 0.6) is 0 Å². The molecule has 0 radical (unpaired) electrons. The molecule has 0 aromatic carbocycles. The van der Waals surface area contributed by atoms with E-state index < -0.39 is 32.1 Å². The van der Waals surface area contributed by atoms with E-state index >= 15 is 0 Å². The minimum atomic E-state index is -2.43. The average Bonchev–Trinajstić information content (AvgIpc) is 2.97. The Morgan fingerprint density at radius 1 is 0.289 bits per heavy atom. The summed E-state index contributed by atoms with van der Waals surface area (Å²) in [7, 11) is -9.71. The summed E-state index contributed by atoms with van der Waals surface area (Å²) >= 11 is 0. The molecule has 0 rings (SSSR count). The Kier molecular flexibility index (Phi) is 64.9. The Labute approximate surface area is 296 Å². The molecular formula is C32H72MoO8P4. The van der Waals surface area contributed by atoms with E-state index in [9.17, 15) is 37.8 Å². The summed E-state index contributed by atoms with van der Waals surface area (Å²) < 4.78 is 40.6. The largest absolute Gasteiger partial charge is 4.00 e. The molecule has 0 fully saturated rings. The number of hydrogen-bond acceptors (Lipinski definition) is 8. The summed E-state index contributed by atoms with van der Waals surface area (Å²) in [5.41, 5.74) is 0. The zero-order chi connectivity index (χ0) is 34.1. The fourth-order valence-electron chi connectivity index (χ4n) is 4.20. The molecule has 0 saturated heterocycles. The van der Waals surface area contributed by atoms with Crippen LogP contribution in [0.3, 0.4) is 0 Å². The quantitative estimate of drug-likeness (QED) is 0.0431. The normalized spacial score (nSPS) is 13.0. The van der Waals surface area contributed by atoms with E-state index in [0.29, 0.717) is 24.6 Å². The third kappa shape index (κ3) is 76.7. The predicted molar refractivity (Wildman–Crippen MR) is 189 cm³/mol. The molecule has 45 heavy (non-hydrogen) atoms. The molecule has 4 unspecified atom stereocenters. The molecule has 8 nitrogen and oxygen atoms in total. The molecule has 0 N–H and O–H groups in total. The number of unbranched alkanes of at least 4 members (excludes halogenated alkanes) is 20. The van der Waals surface area contributed by atoms with Crippen molar-refractivity contribution in [2.75, 3.05) is 24.6 Å². The maximum Gasteiger partial charge on any atom is 4.00 e. The van der Waals surface area contributed by atoms with Gasteiger partial charge in [0.2, 0.25) is 0 Å². The van der Waals surface area contributed by atoms with Gasteiger partial charge in [-0.1, -0.05) is 156 Å². The van der Waals surface area contributed by atoms with Crippen LogP contribution in [0.1, 0.15) is 182 Å². The van der Waals surface area contributed by atoms with Gasteiger partial charge in [0.1, 0.15) is 0 Å². The van der Waals surface area contributed by atoms with Crippen molar-refractivity contribution in [2.24, 2.45) is 0 Å². The summed E-state index contributed by atoms with van der Waals surface area (Å²) in [4.78, 5) is 40.6. The number of hydrogen-bond donors (Lipinski definition) is 0. The predicted octanol–water partition coefficient (Wildman–Crippen LogP) is 8.73. The van der Waals surface area contributed by atoms with Crippen LogP contribution < -0.4 is 19.6 Å². The molecule has 13 heteroatoms. The summed E-state index contributed by atoms with van der Waals surface area (Å²) in [6.07, 6.45) is 29.4. The first kappa shape index (κ1) is 55.8. The third-order valence-electron chi connectivity index (χ3n) is 6.94. The first-order valence-electron chi connectivity index (χ1n) is 17.9. The van der Waals surface area contributed by atoms with Crippen molar-refractivity contribution in [3.8, 4) is 0 Å². The molecule has 0 aromatic rings. The van der Waals surface area contributed by atoms with Crippen molar-refractivity contribution >= 4 is 32.1 Å². The monoisotopic (exact) mass is 806 g/mol. The van der Waals surface area contributed by atoms with E-state index in [1.807, 2.05) is 0 Å². The topological polar surface area (TPSA) is 161 Å². The first-order chi connectivity index (χ1) is 21.1. The van der Waals surface area contributed by atoms with Gasteiger partial charge in [0.15, 0.2) is 0 Å². The van der Waals surface area contributed by atoms with Gasteiger partial charge in [0.25, 0.3) is 0 Å². The van der Waals surface area contributed by atoms with Crippen molar-refractivity contribution in [3.05, 3.63) is 0 Å².